The Kier molecular flexibility index (Phi) is 7.78. The first-order valence-corrected chi connectivity index (χ1v) is 14.7. The highest BCUT2D eigenvalue weighted by atomic mass is 32.1. The molecule has 5 aromatic rings. The van der Waals surface area contributed by atoms with Crippen LogP contribution < -0.4 is 20.3 Å². The predicted molar refractivity (Wildman–Crippen MR) is 166 cm³/mol. The standard InChI is InChI=1S/C31H29FN8O3S/c1-31(2,3)25-15-26(40(38-25)22-10-8-20(32)9-11-22)37-28(42)36-21-16-33-29(34-17-21)43-23-12-6-19(7-13-23)24-18-35-30(44-24)39-14-4-5-27(39)41/h6-13,15-18H,4-5,14H2,1-3H3,(H2,36,37,42). The van der Waals surface area contributed by atoms with Gasteiger partial charge in [0.05, 0.1) is 34.3 Å². The molecule has 0 bridgehead atoms. The Morgan fingerprint density at radius 2 is 1.70 bits per heavy atom. The number of carbonyl (C=O) groups excluding carboxylic acids is 2. The number of hydrogen-bond donors (Lipinski definition) is 2. The second-order valence-electron chi connectivity index (χ2n) is 11.2. The maximum atomic E-state index is 13.5. The van der Waals surface area contributed by atoms with Crippen LogP contribution in [0.5, 0.6) is 11.8 Å². The molecular weight excluding hydrogens is 583 g/mol. The molecule has 11 nitrogen and oxygen atoms in total. The van der Waals surface area contributed by atoms with E-state index in [1.54, 1.807) is 46.1 Å². The molecule has 1 saturated heterocycles. The Morgan fingerprint density at radius 3 is 2.36 bits per heavy atom. The van der Waals surface area contributed by atoms with Gasteiger partial charge in [0.25, 0.3) is 0 Å². The van der Waals surface area contributed by atoms with Crippen molar-refractivity contribution >= 4 is 39.9 Å². The highest BCUT2D eigenvalue weighted by Gasteiger charge is 2.24. The predicted octanol–water partition coefficient (Wildman–Crippen LogP) is 6.79. The van der Waals surface area contributed by atoms with Crippen molar-refractivity contribution in [1.29, 1.82) is 0 Å². The van der Waals surface area contributed by atoms with Gasteiger partial charge in [-0.25, -0.2) is 28.8 Å². The lowest BCUT2D eigenvalue weighted by atomic mass is 9.92. The molecule has 224 valence electrons. The van der Waals surface area contributed by atoms with E-state index >= 15 is 0 Å². The van der Waals surface area contributed by atoms with E-state index in [0.29, 0.717) is 41.0 Å². The quantitative estimate of drug-likeness (QED) is 0.207. The second-order valence-corrected chi connectivity index (χ2v) is 12.2. The van der Waals surface area contributed by atoms with Crippen molar-refractivity contribution in [2.45, 2.75) is 39.0 Å². The van der Waals surface area contributed by atoms with Crippen molar-refractivity contribution in [3.05, 3.63) is 84.7 Å². The molecule has 0 aliphatic carbocycles. The summed E-state index contributed by atoms with van der Waals surface area (Å²) in [5, 5.41) is 10.9. The maximum Gasteiger partial charge on any atom is 0.324 e. The zero-order valence-corrected chi connectivity index (χ0v) is 25.1. The van der Waals surface area contributed by atoms with E-state index in [9.17, 15) is 14.0 Å². The lowest BCUT2D eigenvalue weighted by Gasteiger charge is -2.14. The first kappa shape index (κ1) is 28.9. The van der Waals surface area contributed by atoms with Gasteiger partial charge in [0.2, 0.25) is 5.91 Å². The van der Waals surface area contributed by atoms with Crippen molar-refractivity contribution in [3.63, 3.8) is 0 Å². The minimum Gasteiger partial charge on any atom is -0.424 e. The molecule has 0 saturated carbocycles. The molecule has 0 atom stereocenters. The number of nitrogens with zero attached hydrogens (tertiary/aromatic N) is 6. The third kappa shape index (κ3) is 6.42. The van der Waals surface area contributed by atoms with Crippen LogP contribution in [0, 0.1) is 5.82 Å². The second kappa shape index (κ2) is 11.8. The molecule has 2 N–H and O–H groups in total. The molecule has 44 heavy (non-hydrogen) atoms. The number of hydrogen-bond acceptors (Lipinski definition) is 8. The van der Waals surface area contributed by atoms with Gasteiger partial charge in [0.1, 0.15) is 17.4 Å². The van der Waals surface area contributed by atoms with Crippen LogP contribution in [0.1, 0.15) is 39.3 Å². The number of rotatable bonds is 7. The lowest BCUT2D eigenvalue weighted by Crippen LogP contribution is -2.23. The molecule has 1 fully saturated rings. The molecule has 1 aliphatic rings. The Hall–Kier alpha value is -5.17. The molecule has 1 aliphatic heterocycles. The van der Waals surface area contributed by atoms with Crippen molar-refractivity contribution in [1.82, 2.24) is 24.7 Å². The molecule has 0 radical (unpaired) electrons. The van der Waals surface area contributed by atoms with Gasteiger partial charge in [-0.1, -0.05) is 32.1 Å². The van der Waals surface area contributed by atoms with Crippen LogP contribution in [0.4, 0.5) is 25.8 Å². The Labute approximate surface area is 256 Å². The number of nitrogens with one attached hydrogen (secondary N) is 2. The number of aromatic nitrogens is 5. The summed E-state index contributed by atoms with van der Waals surface area (Å²) in [5.74, 6) is 0.703. The minimum absolute atomic E-state index is 0.112. The van der Waals surface area contributed by atoms with Gasteiger partial charge >= 0.3 is 12.0 Å². The van der Waals surface area contributed by atoms with E-state index in [1.807, 2.05) is 32.9 Å². The Balaban J connectivity index is 1.08. The first-order valence-electron chi connectivity index (χ1n) is 13.9. The van der Waals surface area contributed by atoms with Gasteiger partial charge in [-0.3, -0.25) is 15.0 Å². The summed E-state index contributed by atoms with van der Waals surface area (Å²) in [7, 11) is 0. The molecular formula is C31H29FN8O3S. The van der Waals surface area contributed by atoms with Crippen molar-refractivity contribution < 1.29 is 18.7 Å². The van der Waals surface area contributed by atoms with E-state index < -0.39 is 6.03 Å². The molecule has 0 spiro atoms. The lowest BCUT2D eigenvalue weighted by molar-refractivity contribution is -0.117. The van der Waals surface area contributed by atoms with Crippen LogP contribution >= 0.6 is 11.3 Å². The van der Waals surface area contributed by atoms with Crippen molar-refractivity contribution in [3.8, 4) is 27.9 Å². The zero-order chi connectivity index (χ0) is 30.8. The largest absolute Gasteiger partial charge is 0.424 e. The molecule has 3 amide bonds. The van der Waals surface area contributed by atoms with Gasteiger partial charge in [-0.2, -0.15) is 5.10 Å². The van der Waals surface area contributed by atoms with E-state index in [0.717, 1.165) is 22.6 Å². The SMILES string of the molecule is CC(C)(C)c1cc(NC(=O)Nc2cnc(Oc3ccc(-c4cnc(N5CCCC5=O)s4)cc3)nc2)n(-c2ccc(F)cc2)n1. The monoisotopic (exact) mass is 612 g/mol. The number of halogens is 1. The van der Waals surface area contributed by atoms with Gasteiger partial charge in [-0.15, -0.1) is 0 Å². The number of anilines is 3. The van der Waals surface area contributed by atoms with Crippen LogP contribution in [0.15, 0.2) is 73.2 Å². The molecule has 2 aromatic carbocycles. The average Bonchev–Trinajstić information content (AvgIpc) is 3.75. The van der Waals surface area contributed by atoms with Crippen molar-refractivity contribution in [2.24, 2.45) is 0 Å². The van der Waals surface area contributed by atoms with Gasteiger partial charge in [-0.05, 0) is 60.5 Å². The van der Waals surface area contributed by atoms with E-state index in [-0.39, 0.29) is 23.1 Å². The molecule has 13 heteroatoms. The molecule has 3 aromatic heterocycles. The number of amides is 3. The number of carbonyl (C=O) groups is 2. The summed E-state index contributed by atoms with van der Waals surface area (Å²) in [6.07, 6.45) is 6.07. The minimum atomic E-state index is -0.526. The van der Waals surface area contributed by atoms with Gasteiger partial charge in [0.15, 0.2) is 5.13 Å². The van der Waals surface area contributed by atoms with E-state index in [1.165, 1.54) is 35.9 Å². The molecule has 6 rings (SSSR count). The molecule has 0 unspecified atom stereocenters. The van der Waals surface area contributed by atoms with Crippen molar-refractivity contribution in [2.75, 3.05) is 22.1 Å². The number of ether oxygens (including phenoxy) is 1. The third-order valence-electron chi connectivity index (χ3n) is 6.82. The van der Waals surface area contributed by atoms with Crippen LogP contribution in [0.25, 0.3) is 16.1 Å². The number of thiazole rings is 1. The Bertz CT molecular complexity index is 1800. The summed E-state index contributed by atoms with van der Waals surface area (Å²) in [4.78, 5) is 40.4. The fraction of sp³-hybridized carbons (Fsp3) is 0.226. The summed E-state index contributed by atoms with van der Waals surface area (Å²) in [5.41, 5.74) is 2.39. The zero-order valence-electron chi connectivity index (χ0n) is 24.2. The number of urea groups is 1. The number of benzene rings is 2. The maximum absolute atomic E-state index is 13.5. The third-order valence-corrected chi connectivity index (χ3v) is 7.89. The highest BCUT2D eigenvalue weighted by molar-refractivity contribution is 7.19. The fourth-order valence-electron chi connectivity index (χ4n) is 4.49. The van der Waals surface area contributed by atoms with E-state index in [4.69, 9.17) is 4.74 Å². The average molecular weight is 613 g/mol. The summed E-state index contributed by atoms with van der Waals surface area (Å²) in [6, 6.07) is 14.6. The highest BCUT2D eigenvalue weighted by Crippen LogP contribution is 2.34. The van der Waals surface area contributed by atoms with Gasteiger partial charge in [0, 0.05) is 30.6 Å². The van der Waals surface area contributed by atoms with Crippen LogP contribution in [-0.4, -0.2) is 43.2 Å². The first-order chi connectivity index (χ1) is 21.1. The summed E-state index contributed by atoms with van der Waals surface area (Å²) >= 11 is 1.48. The van der Waals surface area contributed by atoms with Crippen LogP contribution in [-0.2, 0) is 10.2 Å². The van der Waals surface area contributed by atoms with Crippen LogP contribution in [0.3, 0.4) is 0 Å². The smallest absolute Gasteiger partial charge is 0.324 e. The van der Waals surface area contributed by atoms with E-state index in [2.05, 4.69) is 30.7 Å². The normalized spacial score (nSPS) is 13.3. The topological polar surface area (TPSA) is 127 Å². The van der Waals surface area contributed by atoms with Gasteiger partial charge < -0.3 is 10.1 Å². The fourth-order valence-corrected chi connectivity index (χ4v) is 5.46. The summed E-state index contributed by atoms with van der Waals surface area (Å²) < 4.78 is 20.8. The molecule has 4 heterocycles. The Morgan fingerprint density at radius 1 is 0.977 bits per heavy atom. The summed E-state index contributed by atoms with van der Waals surface area (Å²) in [6.45, 7) is 6.75. The van der Waals surface area contributed by atoms with Crippen LogP contribution in [0.2, 0.25) is 0 Å².